The zero-order valence-corrected chi connectivity index (χ0v) is 13.6. The average Bonchev–Trinajstić information content (AvgIpc) is 3.05. The summed E-state index contributed by atoms with van der Waals surface area (Å²) in [4.78, 5) is 7.50. The molecular formula is C17H16FN3O2S. The van der Waals surface area contributed by atoms with Crippen LogP contribution in [0, 0.1) is 5.82 Å². The van der Waals surface area contributed by atoms with Crippen molar-refractivity contribution in [2.45, 2.75) is 11.3 Å². The van der Waals surface area contributed by atoms with Crippen LogP contribution in [0.5, 0.6) is 0 Å². The number of sulfonamides is 1. The van der Waals surface area contributed by atoms with Crippen molar-refractivity contribution in [2.24, 2.45) is 0 Å². The molecule has 0 fully saturated rings. The van der Waals surface area contributed by atoms with Crippen LogP contribution in [-0.2, 0) is 16.4 Å². The molecule has 0 saturated heterocycles. The van der Waals surface area contributed by atoms with E-state index in [2.05, 4.69) is 14.7 Å². The summed E-state index contributed by atoms with van der Waals surface area (Å²) in [5.74, 6) is 0.270. The lowest BCUT2D eigenvalue weighted by Crippen LogP contribution is -2.26. The zero-order chi connectivity index (χ0) is 17.0. The Kier molecular flexibility index (Phi) is 4.73. The summed E-state index contributed by atoms with van der Waals surface area (Å²) in [6.45, 7) is 0.218. The molecule has 0 radical (unpaired) electrons. The molecule has 3 rings (SSSR count). The van der Waals surface area contributed by atoms with Crippen molar-refractivity contribution in [1.29, 1.82) is 0 Å². The minimum atomic E-state index is -3.64. The van der Waals surface area contributed by atoms with Gasteiger partial charge in [-0.2, -0.15) is 0 Å². The summed E-state index contributed by atoms with van der Waals surface area (Å²) in [5, 5.41) is 0. The van der Waals surface area contributed by atoms with Gasteiger partial charge in [0, 0.05) is 30.4 Å². The van der Waals surface area contributed by atoms with E-state index in [9.17, 15) is 12.8 Å². The molecule has 0 aliphatic rings. The lowest BCUT2D eigenvalue weighted by Gasteiger charge is -2.06. The van der Waals surface area contributed by atoms with Crippen molar-refractivity contribution >= 4 is 10.0 Å². The van der Waals surface area contributed by atoms with Crippen molar-refractivity contribution in [3.63, 3.8) is 0 Å². The first-order valence-electron chi connectivity index (χ1n) is 7.39. The van der Waals surface area contributed by atoms with Gasteiger partial charge in [0.2, 0.25) is 10.0 Å². The fraction of sp³-hybridized carbons (Fsp3) is 0.118. The van der Waals surface area contributed by atoms with E-state index in [-0.39, 0.29) is 11.4 Å². The van der Waals surface area contributed by atoms with Crippen LogP contribution in [0.25, 0.3) is 11.4 Å². The Morgan fingerprint density at radius 1 is 1.04 bits per heavy atom. The van der Waals surface area contributed by atoms with Gasteiger partial charge in [-0.05, 0) is 24.3 Å². The van der Waals surface area contributed by atoms with Crippen molar-refractivity contribution in [2.75, 3.05) is 6.54 Å². The maximum atomic E-state index is 12.9. The van der Waals surface area contributed by atoms with Crippen molar-refractivity contribution < 1.29 is 12.8 Å². The second kappa shape index (κ2) is 6.94. The number of halogens is 1. The number of aromatic nitrogens is 2. The molecule has 0 saturated carbocycles. The van der Waals surface area contributed by atoms with E-state index in [1.54, 1.807) is 6.20 Å². The van der Waals surface area contributed by atoms with Crippen molar-refractivity contribution in [3.05, 3.63) is 72.3 Å². The molecule has 3 aromatic rings. The number of nitrogens with one attached hydrogen (secondary N) is 2. The summed E-state index contributed by atoms with van der Waals surface area (Å²) in [6.07, 6.45) is 2.16. The molecule has 0 unspecified atom stereocenters. The smallest absolute Gasteiger partial charge is 0.240 e. The van der Waals surface area contributed by atoms with Gasteiger partial charge < -0.3 is 4.98 Å². The van der Waals surface area contributed by atoms with Crippen LogP contribution in [0.2, 0.25) is 0 Å². The van der Waals surface area contributed by atoms with Gasteiger partial charge in [-0.15, -0.1) is 0 Å². The topological polar surface area (TPSA) is 74.8 Å². The minimum Gasteiger partial charge on any atom is -0.342 e. The molecular weight excluding hydrogens is 329 g/mol. The Morgan fingerprint density at radius 3 is 2.46 bits per heavy atom. The van der Waals surface area contributed by atoms with Crippen LogP contribution in [-0.4, -0.2) is 24.9 Å². The van der Waals surface area contributed by atoms with E-state index >= 15 is 0 Å². The minimum absolute atomic E-state index is 0.0403. The summed E-state index contributed by atoms with van der Waals surface area (Å²) in [7, 11) is -3.64. The van der Waals surface area contributed by atoms with Crippen LogP contribution in [0.1, 0.15) is 5.69 Å². The molecule has 24 heavy (non-hydrogen) atoms. The number of hydrogen-bond donors (Lipinski definition) is 2. The largest absolute Gasteiger partial charge is 0.342 e. The van der Waals surface area contributed by atoms with Gasteiger partial charge in [-0.3, -0.25) is 0 Å². The number of imidazole rings is 1. The third kappa shape index (κ3) is 3.87. The van der Waals surface area contributed by atoms with Gasteiger partial charge >= 0.3 is 0 Å². The highest BCUT2D eigenvalue weighted by Gasteiger charge is 2.13. The Labute approximate surface area is 139 Å². The number of benzene rings is 2. The Hall–Kier alpha value is -2.51. The third-order valence-corrected chi connectivity index (χ3v) is 4.96. The van der Waals surface area contributed by atoms with Crippen LogP contribution in [0.15, 0.2) is 65.7 Å². The summed E-state index contributed by atoms with van der Waals surface area (Å²) in [6, 6.07) is 14.4. The number of rotatable bonds is 6. The second-order valence-electron chi connectivity index (χ2n) is 5.22. The number of H-pyrrole nitrogens is 1. The monoisotopic (exact) mass is 345 g/mol. The molecule has 124 valence electrons. The predicted octanol–water partition coefficient (Wildman–Crippen LogP) is 2.74. The molecule has 7 heteroatoms. The van der Waals surface area contributed by atoms with Crippen LogP contribution in [0.3, 0.4) is 0 Å². The quantitative estimate of drug-likeness (QED) is 0.721. The van der Waals surface area contributed by atoms with Crippen LogP contribution in [0.4, 0.5) is 4.39 Å². The molecule has 2 N–H and O–H groups in total. The molecule has 2 aromatic carbocycles. The highest BCUT2D eigenvalue weighted by molar-refractivity contribution is 7.89. The fourth-order valence-corrected chi connectivity index (χ4v) is 3.28. The molecule has 0 spiro atoms. The fourth-order valence-electron chi connectivity index (χ4n) is 2.25. The molecule has 0 atom stereocenters. The number of hydrogen-bond acceptors (Lipinski definition) is 3. The van der Waals surface area contributed by atoms with E-state index in [0.717, 1.165) is 29.2 Å². The van der Waals surface area contributed by atoms with Gasteiger partial charge in [-0.25, -0.2) is 22.5 Å². The molecule has 1 aromatic heterocycles. The lowest BCUT2D eigenvalue weighted by atomic mass is 10.2. The van der Waals surface area contributed by atoms with Crippen LogP contribution >= 0.6 is 0 Å². The van der Waals surface area contributed by atoms with E-state index in [1.807, 2.05) is 30.3 Å². The van der Waals surface area contributed by atoms with Crippen LogP contribution < -0.4 is 4.72 Å². The predicted molar refractivity (Wildman–Crippen MR) is 89.3 cm³/mol. The average molecular weight is 345 g/mol. The Bertz CT molecular complexity index is 907. The lowest BCUT2D eigenvalue weighted by molar-refractivity contribution is 0.580. The van der Waals surface area contributed by atoms with E-state index in [4.69, 9.17) is 0 Å². The maximum Gasteiger partial charge on any atom is 0.240 e. The van der Waals surface area contributed by atoms with Crippen molar-refractivity contribution in [1.82, 2.24) is 14.7 Å². The Balaban J connectivity index is 1.60. The Morgan fingerprint density at radius 2 is 1.75 bits per heavy atom. The third-order valence-electron chi connectivity index (χ3n) is 3.49. The summed E-state index contributed by atoms with van der Waals surface area (Å²) >= 11 is 0. The van der Waals surface area contributed by atoms with Gasteiger partial charge in [-0.1, -0.05) is 30.3 Å². The van der Waals surface area contributed by atoms with E-state index in [1.165, 1.54) is 12.1 Å². The molecule has 0 amide bonds. The standard InChI is InChI=1S/C17H16FN3O2S/c18-14-6-8-16(9-7-14)24(22,23)20-11-10-15-12-19-17(21-15)13-4-2-1-3-5-13/h1-9,12,20H,10-11H2,(H,19,21). The first-order chi connectivity index (χ1) is 11.5. The SMILES string of the molecule is O=S(=O)(NCCc1cnc(-c2ccccc2)[nH]1)c1ccc(F)cc1. The normalized spacial score (nSPS) is 11.5. The maximum absolute atomic E-state index is 12.9. The molecule has 0 bridgehead atoms. The molecule has 0 aliphatic heterocycles. The highest BCUT2D eigenvalue weighted by Crippen LogP contribution is 2.15. The molecule has 5 nitrogen and oxygen atoms in total. The highest BCUT2D eigenvalue weighted by atomic mass is 32.2. The van der Waals surface area contributed by atoms with E-state index in [0.29, 0.717) is 6.42 Å². The molecule has 0 aliphatic carbocycles. The summed E-state index contributed by atoms with van der Waals surface area (Å²) in [5.41, 5.74) is 1.80. The first-order valence-corrected chi connectivity index (χ1v) is 8.87. The summed E-state index contributed by atoms with van der Waals surface area (Å²) < 4.78 is 39.6. The molecule has 1 heterocycles. The van der Waals surface area contributed by atoms with Crippen molar-refractivity contribution in [3.8, 4) is 11.4 Å². The zero-order valence-electron chi connectivity index (χ0n) is 12.7. The van der Waals surface area contributed by atoms with Gasteiger partial charge in [0.05, 0.1) is 4.90 Å². The van der Waals surface area contributed by atoms with E-state index < -0.39 is 15.8 Å². The second-order valence-corrected chi connectivity index (χ2v) is 6.99. The van der Waals surface area contributed by atoms with Gasteiger partial charge in [0.1, 0.15) is 11.6 Å². The number of nitrogens with zero attached hydrogens (tertiary/aromatic N) is 1. The van der Waals surface area contributed by atoms with Gasteiger partial charge in [0.25, 0.3) is 0 Å². The number of aromatic amines is 1. The van der Waals surface area contributed by atoms with Gasteiger partial charge in [0.15, 0.2) is 0 Å². The first kappa shape index (κ1) is 16.4.